The van der Waals surface area contributed by atoms with Crippen LogP contribution in [0.5, 0.6) is 0 Å². The summed E-state index contributed by atoms with van der Waals surface area (Å²) in [6, 6.07) is 10.1. The average Bonchev–Trinajstić information content (AvgIpc) is 2.65. The lowest BCUT2D eigenvalue weighted by Gasteiger charge is -2.36. The van der Waals surface area contributed by atoms with Gasteiger partial charge < -0.3 is 10.6 Å². The van der Waals surface area contributed by atoms with Crippen molar-refractivity contribution in [3.05, 3.63) is 35.9 Å². The highest BCUT2D eigenvalue weighted by molar-refractivity contribution is 7.92. The van der Waals surface area contributed by atoms with Crippen molar-refractivity contribution < 1.29 is 13.2 Å². The van der Waals surface area contributed by atoms with E-state index in [9.17, 15) is 13.2 Å². The van der Waals surface area contributed by atoms with Crippen molar-refractivity contribution in [3.8, 4) is 0 Å². The molecule has 0 aromatic heterocycles. The van der Waals surface area contributed by atoms with E-state index in [-0.39, 0.29) is 36.8 Å². The van der Waals surface area contributed by atoms with Crippen LogP contribution in [-0.4, -0.2) is 63.0 Å². The lowest BCUT2D eigenvalue weighted by atomic mass is 9.95. The predicted octanol–water partition coefficient (Wildman–Crippen LogP) is 2.20. The molecule has 1 heterocycles. The fourth-order valence-electron chi connectivity index (χ4n) is 3.74. The molecule has 1 aromatic carbocycles. The largest absolute Gasteiger partial charge is 0.353 e. The van der Waals surface area contributed by atoms with Crippen LogP contribution in [0, 0.1) is 0 Å². The molecule has 2 N–H and O–H groups in total. The first-order chi connectivity index (χ1) is 12.4. The van der Waals surface area contributed by atoms with Crippen LogP contribution < -0.4 is 10.6 Å². The summed E-state index contributed by atoms with van der Waals surface area (Å²) in [6.07, 6.45) is 1.81. The van der Waals surface area contributed by atoms with Crippen molar-refractivity contribution >= 4 is 40.6 Å². The lowest BCUT2D eigenvalue weighted by molar-refractivity contribution is -0.124. The zero-order valence-electron chi connectivity index (χ0n) is 16.8. The van der Waals surface area contributed by atoms with Gasteiger partial charge in [0.2, 0.25) is 5.91 Å². The van der Waals surface area contributed by atoms with Crippen molar-refractivity contribution in [3.63, 3.8) is 0 Å². The van der Waals surface area contributed by atoms with E-state index in [4.69, 9.17) is 0 Å². The molecule has 0 radical (unpaired) electrons. The van der Waals surface area contributed by atoms with E-state index < -0.39 is 14.6 Å². The van der Waals surface area contributed by atoms with E-state index in [0.29, 0.717) is 32.5 Å². The van der Waals surface area contributed by atoms with Crippen LogP contribution in [0.4, 0.5) is 0 Å². The summed E-state index contributed by atoms with van der Waals surface area (Å²) in [5, 5.41) is 6.10. The first-order valence-corrected chi connectivity index (χ1v) is 11.2. The number of carbonyl (C=O) groups excluding carboxylic acids is 1. The smallest absolute Gasteiger partial charge is 0.241 e. The van der Waals surface area contributed by atoms with Crippen molar-refractivity contribution in [1.29, 1.82) is 0 Å². The summed E-state index contributed by atoms with van der Waals surface area (Å²) in [5.41, 5.74) is 1.12. The molecular weight excluding hydrogens is 421 g/mol. The maximum absolute atomic E-state index is 13.0. The van der Waals surface area contributed by atoms with E-state index in [1.807, 2.05) is 30.3 Å². The van der Waals surface area contributed by atoms with E-state index >= 15 is 0 Å². The first-order valence-electron chi connectivity index (χ1n) is 9.33. The summed E-state index contributed by atoms with van der Waals surface area (Å²) in [4.78, 5) is 15.2. The maximum Gasteiger partial charge on any atom is 0.241 e. The van der Waals surface area contributed by atoms with Gasteiger partial charge in [0.25, 0.3) is 0 Å². The van der Waals surface area contributed by atoms with Gasteiger partial charge >= 0.3 is 0 Å². The van der Waals surface area contributed by atoms with Crippen LogP contribution in [0.3, 0.4) is 0 Å². The van der Waals surface area contributed by atoms with Gasteiger partial charge in [-0.3, -0.25) is 9.69 Å². The third-order valence-corrected chi connectivity index (χ3v) is 7.44. The number of halogens is 2. The van der Waals surface area contributed by atoms with Crippen LogP contribution in [0.25, 0.3) is 0 Å². The Morgan fingerprint density at radius 3 is 2.14 bits per heavy atom. The third kappa shape index (κ3) is 6.07. The minimum absolute atomic E-state index is 0. The fraction of sp³-hybridized carbons (Fsp3) is 0.632. The molecule has 1 saturated heterocycles. The fourth-order valence-corrected chi connectivity index (χ4v) is 5.10. The zero-order chi connectivity index (χ0) is 19.2. The van der Waals surface area contributed by atoms with Gasteiger partial charge in [0, 0.05) is 12.8 Å². The van der Waals surface area contributed by atoms with Crippen LogP contribution >= 0.6 is 24.8 Å². The average molecular weight is 454 g/mol. The topological polar surface area (TPSA) is 78.5 Å². The first kappa shape index (κ1) is 27.1. The Morgan fingerprint density at radius 1 is 1.14 bits per heavy atom. The lowest BCUT2D eigenvalue weighted by Crippen LogP contribution is -2.58. The summed E-state index contributed by atoms with van der Waals surface area (Å²) in [6.45, 7) is 7.37. The second kappa shape index (κ2) is 12.0. The quantitative estimate of drug-likeness (QED) is 0.630. The zero-order valence-corrected chi connectivity index (χ0v) is 19.3. The van der Waals surface area contributed by atoms with Crippen LogP contribution in [0.15, 0.2) is 30.3 Å². The molecule has 9 heteroatoms. The number of likely N-dealkylation sites (N-methyl/N-ethyl adjacent to an activating group) is 1. The second-order valence-electron chi connectivity index (χ2n) is 6.87. The van der Waals surface area contributed by atoms with Gasteiger partial charge in [-0.05, 0) is 44.6 Å². The summed E-state index contributed by atoms with van der Waals surface area (Å²) in [7, 11) is -3.50. The maximum atomic E-state index is 13.0. The highest BCUT2D eigenvalue weighted by Gasteiger charge is 2.48. The van der Waals surface area contributed by atoms with Gasteiger partial charge in [-0.15, -0.1) is 24.8 Å². The van der Waals surface area contributed by atoms with Crippen LogP contribution in [-0.2, 0) is 14.6 Å². The third-order valence-electron chi connectivity index (χ3n) is 5.43. The molecule has 6 nitrogen and oxygen atoms in total. The number of sulfone groups is 1. The number of hydrogen-bond acceptors (Lipinski definition) is 5. The molecule has 0 spiro atoms. The molecule has 2 rings (SSSR count). The summed E-state index contributed by atoms with van der Waals surface area (Å²) >= 11 is 0. The molecule has 1 fully saturated rings. The van der Waals surface area contributed by atoms with E-state index in [1.165, 1.54) is 6.26 Å². The standard InChI is InChI=1S/C19H31N3O3S.2ClH/c1-4-22(5-2)17(16-9-7-6-8-10-16)15-21-18(23)19(26(3,24)25)11-13-20-14-12-19;;/h6-10,17,20H,4-5,11-15H2,1-3H3,(H,21,23);2*1H. The molecule has 1 aromatic rings. The van der Waals surface area contributed by atoms with Crippen molar-refractivity contribution in [2.24, 2.45) is 0 Å². The molecule has 1 aliphatic heterocycles. The second-order valence-corrected chi connectivity index (χ2v) is 9.20. The number of nitrogens with one attached hydrogen (secondary N) is 2. The highest BCUT2D eigenvalue weighted by Crippen LogP contribution is 2.28. The molecule has 1 unspecified atom stereocenters. The Kier molecular flexibility index (Phi) is 11.6. The molecule has 1 aliphatic rings. The van der Waals surface area contributed by atoms with Crippen molar-refractivity contribution in [2.45, 2.75) is 37.5 Å². The molecular formula is C19H33Cl2N3O3S. The molecule has 0 aliphatic carbocycles. The molecule has 1 atom stereocenters. The van der Waals surface area contributed by atoms with Gasteiger partial charge in [0.15, 0.2) is 14.6 Å². The number of carbonyl (C=O) groups is 1. The molecule has 0 bridgehead atoms. The number of nitrogens with zero attached hydrogens (tertiary/aromatic N) is 1. The molecule has 1 amide bonds. The number of rotatable bonds is 8. The monoisotopic (exact) mass is 453 g/mol. The van der Waals surface area contributed by atoms with E-state index in [2.05, 4.69) is 29.4 Å². The van der Waals surface area contributed by atoms with Gasteiger partial charge in [0.1, 0.15) is 0 Å². The Hall–Kier alpha value is -0.860. The van der Waals surface area contributed by atoms with Crippen LogP contribution in [0.1, 0.15) is 38.3 Å². The Morgan fingerprint density at radius 2 is 1.68 bits per heavy atom. The Balaban J connectivity index is 0.00000364. The van der Waals surface area contributed by atoms with Gasteiger partial charge in [-0.2, -0.15) is 0 Å². The summed E-state index contributed by atoms with van der Waals surface area (Å²) < 4.78 is 23.5. The van der Waals surface area contributed by atoms with Gasteiger partial charge in [-0.1, -0.05) is 44.2 Å². The Labute approximate surface area is 181 Å². The van der Waals surface area contributed by atoms with E-state index in [0.717, 1.165) is 18.7 Å². The minimum Gasteiger partial charge on any atom is -0.353 e. The van der Waals surface area contributed by atoms with Crippen LogP contribution in [0.2, 0.25) is 0 Å². The minimum atomic E-state index is -3.50. The van der Waals surface area contributed by atoms with Crippen molar-refractivity contribution in [1.82, 2.24) is 15.5 Å². The number of hydrogen-bond donors (Lipinski definition) is 2. The SMILES string of the molecule is CCN(CC)C(CNC(=O)C1(S(C)(=O)=O)CCNCC1)c1ccccc1.Cl.Cl. The number of amides is 1. The number of benzene rings is 1. The predicted molar refractivity (Wildman–Crippen MR) is 119 cm³/mol. The highest BCUT2D eigenvalue weighted by atomic mass is 35.5. The van der Waals surface area contributed by atoms with Gasteiger partial charge in [0.05, 0.1) is 6.04 Å². The van der Waals surface area contributed by atoms with Gasteiger partial charge in [-0.25, -0.2) is 8.42 Å². The summed E-state index contributed by atoms with van der Waals surface area (Å²) in [5.74, 6) is -0.366. The van der Waals surface area contributed by atoms with Crippen molar-refractivity contribution in [2.75, 3.05) is 39.0 Å². The number of piperidine rings is 1. The molecule has 162 valence electrons. The van der Waals surface area contributed by atoms with E-state index in [1.54, 1.807) is 0 Å². The molecule has 28 heavy (non-hydrogen) atoms. The normalized spacial score (nSPS) is 17.1. The molecule has 0 saturated carbocycles. The Bertz CT molecular complexity index is 692.